The van der Waals surface area contributed by atoms with E-state index in [1.807, 2.05) is 42.2 Å². The van der Waals surface area contributed by atoms with Gasteiger partial charge in [-0.1, -0.05) is 109 Å². The van der Waals surface area contributed by atoms with Gasteiger partial charge in [-0.05, 0) is 169 Å². The summed E-state index contributed by atoms with van der Waals surface area (Å²) in [5.41, 5.74) is 0.0799. The van der Waals surface area contributed by atoms with Crippen molar-refractivity contribution < 1.29 is 93.5 Å². The highest BCUT2D eigenvalue weighted by Gasteiger charge is 2.40. The number of methoxy groups -OCH3 is 1. The number of ether oxygens (including phenoxy) is 2. The molecule has 0 heterocycles. The van der Waals surface area contributed by atoms with Crippen LogP contribution in [0.4, 0.5) is 35.1 Å². The summed E-state index contributed by atoms with van der Waals surface area (Å²) in [6.45, 7) is 3.69. The maximum absolute atomic E-state index is 13.9. The summed E-state index contributed by atoms with van der Waals surface area (Å²) in [7, 11) is 1.68. The Kier molecular flexibility index (Phi) is 35.5. The lowest BCUT2D eigenvalue weighted by Crippen LogP contribution is -2.29. The van der Waals surface area contributed by atoms with Crippen LogP contribution in [0.2, 0.25) is 0 Å². The summed E-state index contributed by atoms with van der Waals surface area (Å²) in [5, 5.41) is 26.1. The number of carboxylic acid groups (broad SMARTS) is 3. The number of aliphatic carboxylic acids is 1. The van der Waals surface area contributed by atoms with Gasteiger partial charge in [-0.2, -0.15) is 45.5 Å². The number of rotatable bonds is 11. The van der Waals surface area contributed by atoms with Gasteiger partial charge in [0.05, 0.1) is 36.4 Å². The highest BCUT2D eigenvalue weighted by atomic mass is 19.3. The monoisotopic (exact) mass is 1260 g/mol. The van der Waals surface area contributed by atoms with Crippen molar-refractivity contribution in [3.63, 3.8) is 0 Å². The highest BCUT2D eigenvalue weighted by Crippen LogP contribution is 2.35. The van der Waals surface area contributed by atoms with Gasteiger partial charge in [-0.25, -0.2) is 18.4 Å². The van der Waals surface area contributed by atoms with E-state index in [0.717, 1.165) is 75.3 Å². The lowest BCUT2D eigenvalue weighted by Gasteiger charge is -2.24. The van der Waals surface area contributed by atoms with Crippen LogP contribution in [0.3, 0.4) is 0 Å². The Morgan fingerprint density at radius 1 is 0.533 bits per heavy atom. The van der Waals surface area contributed by atoms with Crippen LogP contribution in [-0.2, 0) is 46.5 Å². The molecule has 8 rings (SSSR count). The van der Waals surface area contributed by atoms with Crippen LogP contribution in [0.25, 0.3) is 6.08 Å². The number of carboxylic acids is 3. The van der Waals surface area contributed by atoms with Gasteiger partial charge in [0, 0.05) is 56.6 Å². The molecule has 5 aliphatic carbocycles. The predicted molar refractivity (Wildman–Crippen MR) is 319 cm³/mol. The van der Waals surface area contributed by atoms with E-state index in [9.17, 15) is 49.5 Å². The maximum atomic E-state index is 13.9. The topological polar surface area (TPSA) is 199 Å². The van der Waals surface area contributed by atoms with Crippen LogP contribution in [0.1, 0.15) is 186 Å². The number of alkyl halides is 8. The Balaban J connectivity index is 0.000000379. The molecule has 0 amide bonds. The van der Waals surface area contributed by atoms with Gasteiger partial charge in [-0.15, -0.1) is 0 Å². The molecule has 3 aromatic rings. The summed E-state index contributed by atoms with van der Waals surface area (Å²) < 4.78 is 120. The molecule has 0 radical (unpaired) electrons. The molecule has 484 valence electrons. The molecule has 20 heteroatoms. The number of hydrogen-bond acceptors (Lipinski definition) is 9. The van der Waals surface area contributed by atoms with E-state index in [-0.39, 0.29) is 54.1 Å². The lowest BCUT2D eigenvalue weighted by atomic mass is 9.87. The SMILES string of the molecule is CC1(F)C#CCCC(OCc2ccccc2)CC1.COC1CCC#CC(C)(F)CC1.O=C(O)CC1CCCCC#CC1(F)F.O=C(O)c1ccc(/C=C2\CCCCC#CC2(F)F)cc1.O=C(O)c1ccc(CC2CCCCC#CC2(F)F)cc1.O=C=O.O=C=O. The van der Waals surface area contributed by atoms with Crippen molar-refractivity contribution in [3.8, 4) is 59.2 Å². The normalized spacial score (nSPS) is 23.6. The Morgan fingerprint density at radius 2 is 0.978 bits per heavy atom. The van der Waals surface area contributed by atoms with Crippen molar-refractivity contribution in [2.45, 2.75) is 203 Å². The summed E-state index contributed by atoms with van der Waals surface area (Å²) >= 11 is 0. The van der Waals surface area contributed by atoms with E-state index in [0.29, 0.717) is 70.0 Å². The lowest BCUT2D eigenvalue weighted by molar-refractivity contribution is -0.193. The zero-order chi connectivity index (χ0) is 67.1. The molecular weight excluding hydrogens is 1180 g/mol. The van der Waals surface area contributed by atoms with Gasteiger partial charge in [0.25, 0.3) is 0 Å². The first-order valence-electron chi connectivity index (χ1n) is 29.4. The predicted octanol–water partition coefficient (Wildman–Crippen LogP) is 15.0. The zero-order valence-electron chi connectivity index (χ0n) is 50.7. The quantitative estimate of drug-likeness (QED) is 0.121. The van der Waals surface area contributed by atoms with E-state index in [1.165, 1.54) is 49.4 Å². The first kappa shape index (κ1) is 77.8. The van der Waals surface area contributed by atoms with Crippen LogP contribution in [0.15, 0.2) is 84.4 Å². The van der Waals surface area contributed by atoms with Crippen molar-refractivity contribution in [2.75, 3.05) is 7.11 Å². The molecular formula is C70H76F8O12. The standard InChI is InChI=1S/C16H16F2O2.C16H14F2O2.C16H19FO.C10H12F2O2.C10H15FO.2CO2/c2*17-16(18)10-4-2-1-3-5-14(16)11-12-6-8-13(9-7-12)15(19)20;1-16(17)11-6-5-9-15(10-12-16)18-13-14-7-3-2-4-8-14;11-10(12)6-4-2-1-3-5-8(10)7-9(13)14;1-10(11)7-4-3-5-9(12-2)6-8-10;2*2-1-3/h6-9,14H,1-3,5,11H2,(H,19,20);6-9,11H,1-3,5H2,(H,19,20);2-4,7-8,15H,5,9-10,12-13H2,1H3;8H,1-3,5,7H2,(H,13,14);9H,3,5-6,8H2,1-2H3;;/b;14-11+;;;;;. The van der Waals surface area contributed by atoms with Crippen LogP contribution >= 0.6 is 0 Å². The Labute approximate surface area is 521 Å². The molecule has 0 saturated carbocycles. The van der Waals surface area contributed by atoms with Crippen molar-refractivity contribution in [1.82, 2.24) is 0 Å². The molecule has 3 aromatic carbocycles. The second kappa shape index (κ2) is 41.1. The van der Waals surface area contributed by atoms with Crippen molar-refractivity contribution >= 4 is 36.3 Å². The number of carbonyl (C=O) groups is 3. The van der Waals surface area contributed by atoms with E-state index in [2.05, 4.69) is 47.4 Å². The number of carbonyl (C=O) groups excluding carboxylic acids is 4. The second-order valence-corrected chi connectivity index (χ2v) is 21.8. The first-order valence-corrected chi connectivity index (χ1v) is 29.4. The van der Waals surface area contributed by atoms with E-state index in [4.69, 9.17) is 44.0 Å². The van der Waals surface area contributed by atoms with Crippen LogP contribution < -0.4 is 0 Å². The van der Waals surface area contributed by atoms with Gasteiger partial charge in [0.15, 0.2) is 11.3 Å². The van der Waals surface area contributed by atoms with Gasteiger partial charge in [-0.3, -0.25) is 4.79 Å². The molecule has 5 aliphatic rings. The second-order valence-electron chi connectivity index (χ2n) is 21.8. The minimum absolute atomic E-state index is 0.00669. The summed E-state index contributed by atoms with van der Waals surface area (Å²) in [4.78, 5) is 64.4. The average Bonchev–Trinajstić information content (AvgIpc) is 1.25. The Morgan fingerprint density at radius 3 is 1.48 bits per heavy atom. The molecule has 6 unspecified atom stereocenters. The fourth-order valence-electron chi connectivity index (χ4n) is 9.33. The van der Waals surface area contributed by atoms with E-state index in [1.54, 1.807) is 26.2 Å². The molecule has 0 aliphatic heterocycles. The van der Waals surface area contributed by atoms with Gasteiger partial charge in [0.1, 0.15) is 0 Å². The molecule has 3 N–H and O–H groups in total. The third-order valence-electron chi connectivity index (χ3n) is 14.4. The average molecular weight is 1260 g/mol. The molecule has 0 saturated heterocycles. The largest absolute Gasteiger partial charge is 0.481 e. The van der Waals surface area contributed by atoms with Crippen molar-refractivity contribution in [2.24, 2.45) is 11.8 Å². The fourth-order valence-corrected chi connectivity index (χ4v) is 9.33. The highest BCUT2D eigenvalue weighted by molar-refractivity contribution is 5.88. The molecule has 0 bridgehead atoms. The first-order chi connectivity index (χ1) is 42.6. The molecule has 6 atom stereocenters. The van der Waals surface area contributed by atoms with Gasteiger partial charge < -0.3 is 24.8 Å². The summed E-state index contributed by atoms with van der Waals surface area (Å²) in [6.07, 6.45) is 14.7. The molecule has 0 spiro atoms. The number of aromatic carboxylic acids is 2. The van der Waals surface area contributed by atoms with E-state index < -0.39 is 65.3 Å². The zero-order valence-corrected chi connectivity index (χ0v) is 50.7. The minimum Gasteiger partial charge on any atom is -0.481 e. The Bertz CT molecular complexity index is 3130. The number of allylic oxidation sites excluding steroid dienone is 1. The molecule has 0 aromatic heterocycles. The van der Waals surface area contributed by atoms with Crippen molar-refractivity contribution in [3.05, 3.63) is 112 Å². The third kappa shape index (κ3) is 32.8. The number of hydrogen-bond donors (Lipinski definition) is 3. The number of benzene rings is 3. The molecule has 90 heavy (non-hydrogen) atoms. The Hall–Kier alpha value is -8.27. The maximum Gasteiger partial charge on any atom is 0.373 e. The van der Waals surface area contributed by atoms with Crippen LogP contribution in [0.5, 0.6) is 0 Å². The molecule has 0 fully saturated rings. The minimum atomic E-state index is -3.14. The summed E-state index contributed by atoms with van der Waals surface area (Å²) in [6, 6.07) is 22.0. The van der Waals surface area contributed by atoms with E-state index >= 15 is 0 Å². The van der Waals surface area contributed by atoms with Crippen LogP contribution in [0, 0.1) is 71.0 Å². The smallest absolute Gasteiger partial charge is 0.373 e. The van der Waals surface area contributed by atoms with Crippen LogP contribution in [-0.4, -0.2) is 94.0 Å². The molecule has 12 nitrogen and oxygen atoms in total. The number of halogens is 8. The van der Waals surface area contributed by atoms with Gasteiger partial charge >= 0.3 is 48.0 Å². The van der Waals surface area contributed by atoms with Crippen molar-refractivity contribution in [1.29, 1.82) is 0 Å². The van der Waals surface area contributed by atoms with Gasteiger partial charge in [0.2, 0.25) is 0 Å². The third-order valence-corrected chi connectivity index (χ3v) is 14.4. The fraction of sp³-hybridized carbons (Fsp3) is 0.500. The summed E-state index contributed by atoms with van der Waals surface area (Å²) in [5.74, 6) is 10.1.